The highest BCUT2D eigenvalue weighted by molar-refractivity contribution is 7.89. The third kappa shape index (κ3) is 7.25. The summed E-state index contributed by atoms with van der Waals surface area (Å²) in [6, 6.07) is 2.75. The number of benzene rings is 1. The van der Waals surface area contributed by atoms with E-state index in [4.69, 9.17) is 9.57 Å². The van der Waals surface area contributed by atoms with Crippen LogP contribution in [0.4, 0.5) is 13.2 Å². The van der Waals surface area contributed by atoms with Gasteiger partial charge in [0.05, 0.1) is 10.5 Å². The summed E-state index contributed by atoms with van der Waals surface area (Å²) in [5, 5.41) is 6.61. The van der Waals surface area contributed by atoms with Gasteiger partial charge in [0.15, 0.2) is 0 Å². The van der Waals surface area contributed by atoms with Gasteiger partial charge < -0.3 is 14.9 Å². The molecule has 1 aromatic rings. The molecular formula is C25H34F3N3O6S. The summed E-state index contributed by atoms with van der Waals surface area (Å²) in [6.45, 7) is 8.99. The normalized spacial score (nSPS) is 19.1. The van der Waals surface area contributed by atoms with Crippen LogP contribution < -0.4 is 5.32 Å². The first kappa shape index (κ1) is 29.9. The van der Waals surface area contributed by atoms with Crippen LogP contribution in [0.2, 0.25) is 0 Å². The van der Waals surface area contributed by atoms with Crippen LogP contribution in [-0.2, 0) is 35.4 Å². The average molecular weight is 562 g/mol. The summed E-state index contributed by atoms with van der Waals surface area (Å²) < 4.78 is 71.7. The second kappa shape index (κ2) is 10.8. The number of piperidine rings is 1. The number of nitrogens with zero attached hydrogens (tertiary/aromatic N) is 2. The van der Waals surface area contributed by atoms with Crippen molar-refractivity contribution in [2.75, 3.05) is 13.1 Å². The molecule has 212 valence electrons. The van der Waals surface area contributed by atoms with Crippen LogP contribution in [0.5, 0.6) is 0 Å². The number of sulfonamides is 1. The molecular weight excluding hydrogens is 527 g/mol. The van der Waals surface area contributed by atoms with Crippen LogP contribution >= 0.6 is 0 Å². The lowest BCUT2D eigenvalue weighted by Crippen LogP contribution is -2.49. The summed E-state index contributed by atoms with van der Waals surface area (Å²) >= 11 is 0. The number of hydrogen-bond acceptors (Lipinski definition) is 7. The Morgan fingerprint density at radius 2 is 1.82 bits per heavy atom. The molecule has 0 aromatic heterocycles. The first-order valence-corrected chi connectivity index (χ1v) is 13.8. The number of rotatable bonds is 7. The number of nitrogens with one attached hydrogen (secondary N) is 1. The molecule has 0 radical (unpaired) electrons. The highest BCUT2D eigenvalue weighted by Gasteiger charge is 2.46. The number of amides is 1. The Bertz CT molecular complexity index is 1180. The van der Waals surface area contributed by atoms with E-state index >= 15 is 0 Å². The van der Waals surface area contributed by atoms with Crippen molar-refractivity contribution >= 4 is 27.6 Å². The third-order valence-electron chi connectivity index (χ3n) is 6.24. The molecule has 0 saturated carbocycles. The maximum atomic E-state index is 13.1. The smallest absolute Gasteiger partial charge is 0.416 e. The number of halogens is 3. The Morgan fingerprint density at radius 1 is 1.18 bits per heavy atom. The van der Waals surface area contributed by atoms with Crippen molar-refractivity contribution in [1.29, 1.82) is 0 Å². The Labute approximate surface area is 220 Å². The van der Waals surface area contributed by atoms with Crippen LogP contribution in [0.1, 0.15) is 65.9 Å². The van der Waals surface area contributed by atoms with Crippen LogP contribution in [0.3, 0.4) is 0 Å². The van der Waals surface area contributed by atoms with E-state index in [1.807, 2.05) is 13.8 Å². The highest BCUT2D eigenvalue weighted by atomic mass is 32.2. The second-order valence-corrected chi connectivity index (χ2v) is 13.0. The van der Waals surface area contributed by atoms with Gasteiger partial charge in [0, 0.05) is 32.4 Å². The molecule has 1 N–H and O–H groups in total. The van der Waals surface area contributed by atoms with Gasteiger partial charge in [0.25, 0.3) is 5.91 Å². The molecule has 38 heavy (non-hydrogen) atoms. The third-order valence-corrected chi connectivity index (χ3v) is 8.13. The zero-order valence-corrected chi connectivity index (χ0v) is 22.9. The van der Waals surface area contributed by atoms with Gasteiger partial charge in [-0.05, 0) is 51.3 Å². The standard InChI is InChI=1S/C25H34F3N3O6S/c1-16(2)13-19(22(33)36-23(3,4)5)29-21(32)20-15-24(37-30-20)9-11-31(12-10-24)38(34,35)18-8-6-7-17(14-18)25(26,27)28/h6-8,14,16,19H,9-13,15H2,1-5H3,(H,29,32). The summed E-state index contributed by atoms with van der Waals surface area (Å²) in [5.41, 5.74) is -2.60. The Balaban J connectivity index is 1.63. The van der Waals surface area contributed by atoms with E-state index in [1.165, 1.54) is 0 Å². The molecule has 1 saturated heterocycles. The van der Waals surface area contributed by atoms with E-state index in [0.29, 0.717) is 12.5 Å². The topological polar surface area (TPSA) is 114 Å². The SMILES string of the molecule is CC(C)CC(NC(=O)C1=NOC2(CCN(S(=O)(=O)c3cccc(C(F)(F)F)c3)CC2)C1)C(=O)OC(C)(C)C. The highest BCUT2D eigenvalue weighted by Crippen LogP contribution is 2.37. The number of carbonyl (C=O) groups is 2. The summed E-state index contributed by atoms with van der Waals surface area (Å²) in [5.74, 6) is -1.02. The van der Waals surface area contributed by atoms with E-state index in [1.54, 1.807) is 20.8 Å². The van der Waals surface area contributed by atoms with Crippen molar-refractivity contribution in [1.82, 2.24) is 9.62 Å². The fraction of sp³-hybridized carbons (Fsp3) is 0.640. The molecule has 1 atom stereocenters. The van der Waals surface area contributed by atoms with Crippen molar-refractivity contribution < 1.29 is 40.8 Å². The van der Waals surface area contributed by atoms with Gasteiger partial charge in [0.2, 0.25) is 10.0 Å². The van der Waals surface area contributed by atoms with Gasteiger partial charge in [-0.2, -0.15) is 17.5 Å². The first-order valence-electron chi connectivity index (χ1n) is 12.4. The molecule has 1 unspecified atom stereocenters. The van der Waals surface area contributed by atoms with Gasteiger partial charge in [-0.1, -0.05) is 25.1 Å². The van der Waals surface area contributed by atoms with E-state index in [-0.39, 0.29) is 44.0 Å². The number of alkyl halides is 3. The molecule has 1 fully saturated rings. The minimum atomic E-state index is -4.67. The molecule has 0 aliphatic carbocycles. The summed E-state index contributed by atoms with van der Waals surface area (Å²) in [4.78, 5) is 30.7. The van der Waals surface area contributed by atoms with Crippen molar-refractivity contribution in [3.8, 4) is 0 Å². The minimum Gasteiger partial charge on any atom is -0.458 e. The van der Waals surface area contributed by atoms with Crippen molar-refractivity contribution in [3.05, 3.63) is 29.8 Å². The lowest BCUT2D eigenvalue weighted by molar-refractivity contribution is -0.158. The maximum absolute atomic E-state index is 13.1. The van der Waals surface area contributed by atoms with E-state index in [2.05, 4.69) is 10.5 Å². The molecule has 13 heteroatoms. The monoisotopic (exact) mass is 561 g/mol. The number of hydrogen-bond donors (Lipinski definition) is 1. The van der Waals surface area contributed by atoms with Crippen molar-refractivity contribution in [2.24, 2.45) is 11.1 Å². The van der Waals surface area contributed by atoms with E-state index in [9.17, 15) is 31.2 Å². The molecule has 1 spiro atoms. The molecule has 3 rings (SSSR count). The van der Waals surface area contributed by atoms with Gasteiger partial charge in [-0.15, -0.1) is 0 Å². The molecule has 2 aliphatic heterocycles. The van der Waals surface area contributed by atoms with Crippen molar-refractivity contribution in [2.45, 2.75) is 88.6 Å². The molecule has 9 nitrogen and oxygen atoms in total. The number of oxime groups is 1. The van der Waals surface area contributed by atoms with Crippen molar-refractivity contribution in [3.63, 3.8) is 0 Å². The Kier molecular flexibility index (Phi) is 8.52. The first-order chi connectivity index (χ1) is 17.4. The average Bonchev–Trinajstić information content (AvgIpc) is 3.20. The fourth-order valence-electron chi connectivity index (χ4n) is 4.33. The zero-order valence-electron chi connectivity index (χ0n) is 22.1. The summed E-state index contributed by atoms with van der Waals surface area (Å²) in [6.07, 6.45) is -3.82. The molecule has 0 bridgehead atoms. The largest absolute Gasteiger partial charge is 0.458 e. The minimum absolute atomic E-state index is 0.0170. The molecule has 1 amide bonds. The number of esters is 1. The van der Waals surface area contributed by atoms with Crippen LogP contribution in [-0.4, -0.2) is 60.6 Å². The Hall–Kier alpha value is -2.67. The zero-order chi connectivity index (χ0) is 28.5. The lowest BCUT2D eigenvalue weighted by Gasteiger charge is -2.36. The Morgan fingerprint density at radius 3 is 2.37 bits per heavy atom. The molecule has 2 aliphatic rings. The van der Waals surface area contributed by atoms with Crippen LogP contribution in [0, 0.1) is 5.92 Å². The molecule has 2 heterocycles. The second-order valence-electron chi connectivity index (χ2n) is 11.1. The summed E-state index contributed by atoms with van der Waals surface area (Å²) in [7, 11) is -4.16. The van der Waals surface area contributed by atoms with E-state index in [0.717, 1.165) is 22.5 Å². The van der Waals surface area contributed by atoms with Gasteiger partial charge in [-0.3, -0.25) is 4.79 Å². The van der Waals surface area contributed by atoms with Crippen LogP contribution in [0.15, 0.2) is 34.3 Å². The van der Waals surface area contributed by atoms with Gasteiger partial charge >= 0.3 is 12.1 Å². The van der Waals surface area contributed by atoms with Crippen LogP contribution in [0.25, 0.3) is 0 Å². The quantitative estimate of drug-likeness (QED) is 0.506. The molecule has 1 aromatic carbocycles. The number of carbonyl (C=O) groups excluding carboxylic acids is 2. The predicted octanol–water partition coefficient (Wildman–Crippen LogP) is 3.88. The predicted molar refractivity (Wildman–Crippen MR) is 133 cm³/mol. The van der Waals surface area contributed by atoms with Gasteiger partial charge in [0.1, 0.15) is 23.0 Å². The van der Waals surface area contributed by atoms with E-state index < -0.39 is 55.8 Å². The fourth-order valence-corrected chi connectivity index (χ4v) is 5.82. The number of ether oxygens (including phenoxy) is 1. The lowest BCUT2D eigenvalue weighted by atomic mass is 9.87. The van der Waals surface area contributed by atoms with Gasteiger partial charge in [-0.25, -0.2) is 13.2 Å². The maximum Gasteiger partial charge on any atom is 0.416 e.